The Morgan fingerprint density at radius 2 is 1.95 bits per heavy atom. The van der Waals surface area contributed by atoms with Crippen LogP contribution in [0.5, 0.6) is 0 Å². The number of benzene rings is 1. The monoisotopic (exact) mass is 295 g/mol. The summed E-state index contributed by atoms with van der Waals surface area (Å²) < 4.78 is 0. The van der Waals surface area contributed by atoms with Crippen LogP contribution in [0.4, 0.5) is 0 Å². The summed E-state index contributed by atoms with van der Waals surface area (Å²) in [5.41, 5.74) is 6.29. The molecule has 0 fully saturated rings. The molecule has 1 aromatic carbocycles. The lowest BCUT2D eigenvalue weighted by atomic mass is 9.86. The van der Waals surface area contributed by atoms with Gasteiger partial charge in [-0.1, -0.05) is 41.9 Å². The molecule has 1 aliphatic carbocycles. The molecule has 0 spiro atoms. The van der Waals surface area contributed by atoms with Gasteiger partial charge in [-0.3, -0.25) is 0 Å². The second-order valence-corrected chi connectivity index (χ2v) is 5.93. The second-order valence-electron chi connectivity index (χ2n) is 5.93. The van der Waals surface area contributed by atoms with Crippen molar-refractivity contribution in [1.82, 2.24) is 10.2 Å². The van der Waals surface area contributed by atoms with E-state index in [0.717, 1.165) is 41.1 Å². The van der Waals surface area contributed by atoms with E-state index >= 15 is 0 Å². The predicted molar refractivity (Wildman–Crippen MR) is 87.9 cm³/mol. The summed E-state index contributed by atoms with van der Waals surface area (Å²) in [5.74, 6) is 0.520. The molecule has 1 aromatic heterocycles. The summed E-state index contributed by atoms with van der Waals surface area (Å²) >= 11 is 0. The molecule has 1 aliphatic rings. The van der Waals surface area contributed by atoms with Crippen molar-refractivity contribution in [2.45, 2.75) is 33.6 Å². The van der Waals surface area contributed by atoms with Gasteiger partial charge < -0.3 is 4.84 Å². The molecule has 0 saturated carbocycles. The van der Waals surface area contributed by atoms with Crippen LogP contribution in [-0.4, -0.2) is 22.5 Å². The zero-order valence-corrected chi connectivity index (χ0v) is 13.3. The van der Waals surface area contributed by atoms with E-state index in [-0.39, 0.29) is 0 Å². The minimum atomic E-state index is 0.520. The zero-order valence-electron chi connectivity index (χ0n) is 13.3. The average molecular weight is 295 g/mol. The number of fused-ring (bicyclic) bond motifs is 1. The largest absolute Gasteiger partial charge is 0.396 e. The number of nitrogens with zero attached hydrogens (tertiary/aromatic N) is 3. The predicted octanol–water partition coefficient (Wildman–Crippen LogP) is 3.77. The maximum Gasteiger partial charge on any atom is 0.114 e. The Morgan fingerprint density at radius 1 is 1.18 bits per heavy atom. The fraction of sp³-hybridized carbons (Fsp3) is 0.389. The SMILES string of the molecule is CCON=C1CC(C)Cc2nnc(-c3ccc(C)cc3)cc21. The summed E-state index contributed by atoms with van der Waals surface area (Å²) in [6, 6.07) is 10.4. The van der Waals surface area contributed by atoms with Gasteiger partial charge in [0.05, 0.1) is 17.1 Å². The lowest BCUT2D eigenvalue weighted by Crippen LogP contribution is -2.21. The highest BCUT2D eigenvalue weighted by Gasteiger charge is 2.24. The van der Waals surface area contributed by atoms with Gasteiger partial charge in [-0.2, -0.15) is 10.2 Å². The molecule has 1 heterocycles. The van der Waals surface area contributed by atoms with Gasteiger partial charge in [0, 0.05) is 11.1 Å². The van der Waals surface area contributed by atoms with Gasteiger partial charge in [-0.15, -0.1) is 0 Å². The van der Waals surface area contributed by atoms with Crippen LogP contribution in [0, 0.1) is 12.8 Å². The van der Waals surface area contributed by atoms with Crippen LogP contribution in [-0.2, 0) is 11.3 Å². The molecule has 4 heteroatoms. The summed E-state index contributed by atoms with van der Waals surface area (Å²) in [7, 11) is 0. The molecule has 0 N–H and O–H groups in total. The van der Waals surface area contributed by atoms with Crippen LogP contribution in [0.25, 0.3) is 11.3 Å². The number of rotatable bonds is 3. The van der Waals surface area contributed by atoms with E-state index in [1.54, 1.807) is 0 Å². The molecule has 0 saturated heterocycles. The van der Waals surface area contributed by atoms with E-state index in [9.17, 15) is 0 Å². The van der Waals surface area contributed by atoms with Crippen molar-refractivity contribution in [3.05, 3.63) is 47.2 Å². The minimum Gasteiger partial charge on any atom is -0.396 e. The van der Waals surface area contributed by atoms with Crippen LogP contribution in [0.2, 0.25) is 0 Å². The first kappa shape index (κ1) is 14.7. The lowest BCUT2D eigenvalue weighted by molar-refractivity contribution is 0.157. The van der Waals surface area contributed by atoms with Crippen molar-refractivity contribution in [1.29, 1.82) is 0 Å². The normalized spacial score (nSPS) is 19.0. The number of hydrogen-bond donors (Lipinski definition) is 0. The molecule has 0 aliphatic heterocycles. The number of aryl methyl sites for hydroxylation is 1. The van der Waals surface area contributed by atoms with Crippen molar-refractivity contribution in [3.8, 4) is 11.3 Å². The highest BCUT2D eigenvalue weighted by atomic mass is 16.6. The van der Waals surface area contributed by atoms with Gasteiger partial charge in [0.1, 0.15) is 6.61 Å². The quantitative estimate of drug-likeness (QED) is 0.810. The van der Waals surface area contributed by atoms with Gasteiger partial charge in [-0.25, -0.2) is 0 Å². The van der Waals surface area contributed by atoms with Crippen molar-refractivity contribution >= 4 is 5.71 Å². The fourth-order valence-corrected chi connectivity index (χ4v) is 2.75. The molecular weight excluding hydrogens is 274 g/mol. The van der Waals surface area contributed by atoms with Crippen LogP contribution in [0.3, 0.4) is 0 Å². The van der Waals surface area contributed by atoms with Crippen LogP contribution in [0.1, 0.15) is 37.1 Å². The third kappa shape index (κ3) is 3.01. The number of hydrogen-bond acceptors (Lipinski definition) is 4. The number of oxime groups is 1. The molecular formula is C18H21N3O. The Kier molecular flexibility index (Phi) is 4.18. The fourth-order valence-electron chi connectivity index (χ4n) is 2.75. The Labute approximate surface area is 131 Å². The van der Waals surface area contributed by atoms with Crippen molar-refractivity contribution in [2.24, 2.45) is 11.1 Å². The summed E-state index contributed by atoms with van der Waals surface area (Å²) in [5, 5.41) is 13.1. The van der Waals surface area contributed by atoms with E-state index in [2.05, 4.69) is 59.5 Å². The van der Waals surface area contributed by atoms with Crippen LogP contribution in [0.15, 0.2) is 35.5 Å². The number of aromatic nitrogens is 2. The Balaban J connectivity index is 2.02. The van der Waals surface area contributed by atoms with Gasteiger partial charge in [-0.05, 0) is 38.7 Å². The lowest BCUT2D eigenvalue weighted by Gasteiger charge is -2.21. The maximum absolute atomic E-state index is 5.28. The van der Waals surface area contributed by atoms with Crippen molar-refractivity contribution in [3.63, 3.8) is 0 Å². The molecule has 0 bridgehead atoms. The first-order valence-electron chi connectivity index (χ1n) is 7.80. The molecule has 4 nitrogen and oxygen atoms in total. The van der Waals surface area contributed by atoms with E-state index in [1.165, 1.54) is 5.56 Å². The van der Waals surface area contributed by atoms with Gasteiger partial charge >= 0.3 is 0 Å². The van der Waals surface area contributed by atoms with E-state index < -0.39 is 0 Å². The zero-order chi connectivity index (χ0) is 15.5. The molecule has 2 aromatic rings. The summed E-state index contributed by atoms with van der Waals surface area (Å²) in [6.45, 7) is 6.81. The average Bonchev–Trinajstić information content (AvgIpc) is 2.53. The third-order valence-electron chi connectivity index (χ3n) is 3.92. The molecule has 0 radical (unpaired) electrons. The molecule has 0 amide bonds. The van der Waals surface area contributed by atoms with Gasteiger partial charge in [0.25, 0.3) is 0 Å². The standard InChI is InChI=1S/C18H21N3O/c1-4-22-21-18-10-13(3)9-17-15(18)11-16(19-20-17)14-7-5-12(2)6-8-14/h5-8,11,13H,4,9-10H2,1-3H3. The van der Waals surface area contributed by atoms with Crippen LogP contribution >= 0.6 is 0 Å². The topological polar surface area (TPSA) is 47.4 Å². The van der Waals surface area contributed by atoms with Crippen LogP contribution < -0.4 is 0 Å². The molecule has 1 atom stereocenters. The maximum atomic E-state index is 5.28. The Morgan fingerprint density at radius 3 is 2.68 bits per heavy atom. The van der Waals surface area contributed by atoms with Gasteiger partial charge in [0.15, 0.2) is 0 Å². The summed E-state index contributed by atoms with van der Waals surface area (Å²) in [4.78, 5) is 5.28. The molecule has 114 valence electrons. The van der Waals surface area contributed by atoms with E-state index in [0.29, 0.717) is 12.5 Å². The third-order valence-corrected chi connectivity index (χ3v) is 3.92. The minimum absolute atomic E-state index is 0.520. The Bertz CT molecular complexity index is 692. The highest BCUT2D eigenvalue weighted by Crippen LogP contribution is 2.27. The van der Waals surface area contributed by atoms with Gasteiger partial charge in [0.2, 0.25) is 0 Å². The first-order chi connectivity index (χ1) is 10.7. The van der Waals surface area contributed by atoms with Crippen molar-refractivity contribution in [2.75, 3.05) is 6.61 Å². The molecule has 3 rings (SSSR count). The molecule has 22 heavy (non-hydrogen) atoms. The second kappa shape index (κ2) is 6.26. The first-order valence-corrected chi connectivity index (χ1v) is 7.80. The van der Waals surface area contributed by atoms with E-state index in [1.807, 2.05) is 6.92 Å². The summed E-state index contributed by atoms with van der Waals surface area (Å²) in [6.07, 6.45) is 1.87. The van der Waals surface area contributed by atoms with E-state index in [4.69, 9.17) is 4.84 Å². The van der Waals surface area contributed by atoms with Crippen molar-refractivity contribution < 1.29 is 4.84 Å². The highest BCUT2D eigenvalue weighted by molar-refractivity contribution is 6.02. The molecule has 1 unspecified atom stereocenters. The smallest absolute Gasteiger partial charge is 0.114 e. The Hall–Kier alpha value is -2.23.